The molecule has 35 heavy (non-hydrogen) atoms. The van der Waals surface area contributed by atoms with Crippen molar-refractivity contribution in [2.75, 3.05) is 7.11 Å². The van der Waals surface area contributed by atoms with Gasteiger partial charge in [-0.25, -0.2) is 4.79 Å². The van der Waals surface area contributed by atoms with Crippen LogP contribution in [0.1, 0.15) is 67.2 Å². The highest BCUT2D eigenvalue weighted by Crippen LogP contribution is 2.72. The molecule has 6 heteroatoms. The summed E-state index contributed by atoms with van der Waals surface area (Å²) < 4.78 is 16.8. The zero-order valence-corrected chi connectivity index (χ0v) is 22.0. The van der Waals surface area contributed by atoms with Crippen LogP contribution in [0.5, 0.6) is 0 Å². The molecule has 0 saturated heterocycles. The van der Waals surface area contributed by atoms with Crippen molar-refractivity contribution in [1.82, 2.24) is 0 Å². The third-order valence-electron chi connectivity index (χ3n) is 10.6. The monoisotopic (exact) mass is 482 g/mol. The Morgan fingerprint density at radius 2 is 1.83 bits per heavy atom. The number of allylic oxidation sites excluding steroid dienone is 3. The molecule has 2 fully saturated rings. The van der Waals surface area contributed by atoms with Gasteiger partial charge in [-0.15, -0.1) is 0 Å². The summed E-state index contributed by atoms with van der Waals surface area (Å²) in [4.78, 5) is 38.0. The van der Waals surface area contributed by atoms with Gasteiger partial charge in [-0.1, -0.05) is 52.3 Å². The maximum Gasteiger partial charge on any atom is 0.336 e. The van der Waals surface area contributed by atoms with Crippen LogP contribution in [-0.4, -0.2) is 37.2 Å². The highest BCUT2D eigenvalue weighted by atomic mass is 16.7. The summed E-state index contributed by atoms with van der Waals surface area (Å²) in [6.45, 7) is 12.4. The number of carbonyl (C=O) groups excluding carboxylic acids is 3. The Balaban J connectivity index is 1.61. The molecule has 0 radical (unpaired) electrons. The molecule has 0 bridgehead atoms. The molecular weight excluding hydrogens is 444 g/mol. The summed E-state index contributed by atoms with van der Waals surface area (Å²) in [6.07, 6.45) is 10.3. The highest BCUT2D eigenvalue weighted by Gasteiger charge is 2.68. The average Bonchev–Trinajstić information content (AvgIpc) is 3.32. The van der Waals surface area contributed by atoms with E-state index in [9.17, 15) is 14.4 Å². The van der Waals surface area contributed by atoms with Gasteiger partial charge < -0.3 is 14.2 Å². The van der Waals surface area contributed by atoms with Gasteiger partial charge in [0.25, 0.3) is 0 Å². The van der Waals surface area contributed by atoms with Crippen LogP contribution in [0.15, 0.2) is 35.5 Å². The Labute approximate surface area is 208 Å². The SMILES string of the molecule is COC1C=C(C2CC=C3C2(C)CCC2C4(C)C=CC(=O)C(C)(C)C4CC(OC(C)=O)C32C)C(=O)O1. The third kappa shape index (κ3) is 3.14. The van der Waals surface area contributed by atoms with Crippen LogP contribution in [0.3, 0.4) is 0 Å². The smallest absolute Gasteiger partial charge is 0.336 e. The van der Waals surface area contributed by atoms with Gasteiger partial charge in [-0.2, -0.15) is 0 Å². The number of hydrogen-bond acceptors (Lipinski definition) is 6. The summed E-state index contributed by atoms with van der Waals surface area (Å²) in [5.74, 6) is -0.158. The zero-order chi connectivity index (χ0) is 25.6. The van der Waals surface area contributed by atoms with Crippen LogP contribution in [0, 0.1) is 39.4 Å². The fraction of sp³-hybridized carbons (Fsp3) is 0.690. The molecule has 0 amide bonds. The fourth-order valence-corrected chi connectivity index (χ4v) is 8.89. The molecule has 4 aliphatic carbocycles. The summed E-state index contributed by atoms with van der Waals surface area (Å²) in [5, 5.41) is 0. The van der Waals surface area contributed by atoms with Gasteiger partial charge in [0.2, 0.25) is 6.29 Å². The number of ether oxygens (including phenoxy) is 3. The van der Waals surface area contributed by atoms with Crippen LogP contribution in [0.25, 0.3) is 0 Å². The van der Waals surface area contributed by atoms with E-state index in [0.29, 0.717) is 12.0 Å². The van der Waals surface area contributed by atoms with Crippen molar-refractivity contribution >= 4 is 17.7 Å². The molecule has 190 valence electrons. The first-order chi connectivity index (χ1) is 16.3. The number of esters is 2. The van der Waals surface area contributed by atoms with Crippen LogP contribution in [0.2, 0.25) is 0 Å². The van der Waals surface area contributed by atoms with E-state index in [1.165, 1.54) is 19.6 Å². The Hall–Kier alpha value is -2.21. The molecule has 5 aliphatic rings. The lowest BCUT2D eigenvalue weighted by Gasteiger charge is -2.66. The molecule has 1 aliphatic heterocycles. The first-order valence-electron chi connectivity index (χ1n) is 12.9. The van der Waals surface area contributed by atoms with Gasteiger partial charge in [0.1, 0.15) is 6.10 Å². The van der Waals surface area contributed by atoms with E-state index in [1.807, 2.05) is 19.9 Å². The van der Waals surface area contributed by atoms with Gasteiger partial charge in [0.05, 0.1) is 0 Å². The van der Waals surface area contributed by atoms with E-state index < -0.39 is 17.1 Å². The molecule has 1 heterocycles. The summed E-state index contributed by atoms with van der Waals surface area (Å²) in [7, 11) is 1.54. The van der Waals surface area contributed by atoms with Gasteiger partial charge in [-0.3, -0.25) is 9.59 Å². The van der Waals surface area contributed by atoms with Crippen molar-refractivity contribution < 1.29 is 28.6 Å². The lowest BCUT2D eigenvalue weighted by Crippen LogP contribution is -2.64. The van der Waals surface area contributed by atoms with Crippen molar-refractivity contribution in [2.45, 2.75) is 79.6 Å². The largest absolute Gasteiger partial charge is 0.462 e. The van der Waals surface area contributed by atoms with Gasteiger partial charge in [0.15, 0.2) is 5.78 Å². The molecule has 5 rings (SSSR count). The Morgan fingerprint density at radius 3 is 2.46 bits per heavy atom. The Bertz CT molecular complexity index is 1080. The number of rotatable bonds is 3. The predicted octanol–water partition coefficient (Wildman–Crippen LogP) is 4.93. The molecule has 6 nitrogen and oxygen atoms in total. The molecule has 0 aromatic carbocycles. The van der Waals surface area contributed by atoms with Crippen LogP contribution >= 0.6 is 0 Å². The lowest BCUT2D eigenvalue weighted by atomic mass is 9.38. The maximum absolute atomic E-state index is 12.9. The normalized spacial score (nSPS) is 45.6. The Morgan fingerprint density at radius 1 is 1.11 bits per heavy atom. The minimum atomic E-state index is -0.632. The topological polar surface area (TPSA) is 78.9 Å². The fourth-order valence-electron chi connectivity index (χ4n) is 8.89. The molecule has 8 atom stereocenters. The molecular formula is C29H38O6. The van der Waals surface area contributed by atoms with Crippen LogP contribution < -0.4 is 0 Å². The predicted molar refractivity (Wildman–Crippen MR) is 130 cm³/mol. The summed E-state index contributed by atoms with van der Waals surface area (Å²) >= 11 is 0. The number of hydrogen-bond donors (Lipinski definition) is 0. The van der Waals surface area contributed by atoms with E-state index in [1.54, 1.807) is 6.08 Å². The van der Waals surface area contributed by atoms with Crippen LogP contribution in [0.4, 0.5) is 0 Å². The van der Waals surface area contributed by atoms with E-state index >= 15 is 0 Å². The number of cyclic esters (lactones) is 1. The van der Waals surface area contributed by atoms with E-state index in [2.05, 4.69) is 32.9 Å². The number of fused-ring (bicyclic) bond motifs is 5. The summed E-state index contributed by atoms with van der Waals surface area (Å²) in [5.41, 5.74) is 0.614. The highest BCUT2D eigenvalue weighted by molar-refractivity contribution is 5.96. The number of carbonyl (C=O) groups is 3. The van der Waals surface area contributed by atoms with Gasteiger partial charge >= 0.3 is 11.9 Å². The quantitative estimate of drug-likeness (QED) is 0.419. The molecule has 0 aromatic rings. The zero-order valence-electron chi connectivity index (χ0n) is 22.0. The second kappa shape index (κ2) is 7.64. The molecule has 8 unspecified atom stereocenters. The first-order valence-corrected chi connectivity index (χ1v) is 12.9. The second-order valence-corrected chi connectivity index (χ2v) is 12.5. The first kappa shape index (κ1) is 24.5. The number of ketones is 1. The minimum Gasteiger partial charge on any atom is -0.462 e. The average molecular weight is 483 g/mol. The molecule has 0 N–H and O–H groups in total. The molecule has 0 aromatic heterocycles. The van der Waals surface area contributed by atoms with Gasteiger partial charge in [0, 0.05) is 36.4 Å². The van der Waals surface area contributed by atoms with Crippen molar-refractivity contribution in [3.05, 3.63) is 35.5 Å². The standard InChI is InChI=1S/C29H38O6/c1-16(30)34-23-15-21-26(2,3)22(31)11-13-28(21,5)20-10-12-27(4)18(8-9-19(27)29(20,23)6)17-14-24(33-7)35-25(17)32/h9,11,13-14,18,20-21,23-24H,8,10,12,15H2,1-7H3. The minimum absolute atomic E-state index is 0.00588. The Kier molecular flexibility index (Phi) is 5.35. The summed E-state index contributed by atoms with van der Waals surface area (Å²) in [6, 6.07) is 0. The van der Waals surface area contributed by atoms with Crippen molar-refractivity contribution in [2.24, 2.45) is 39.4 Å². The molecule has 2 saturated carbocycles. The van der Waals surface area contributed by atoms with E-state index in [4.69, 9.17) is 14.2 Å². The van der Waals surface area contributed by atoms with Crippen LogP contribution in [-0.2, 0) is 28.6 Å². The van der Waals surface area contributed by atoms with Crippen molar-refractivity contribution in [1.29, 1.82) is 0 Å². The number of methoxy groups -OCH3 is 1. The van der Waals surface area contributed by atoms with E-state index in [0.717, 1.165) is 19.3 Å². The lowest BCUT2D eigenvalue weighted by molar-refractivity contribution is -0.187. The van der Waals surface area contributed by atoms with E-state index in [-0.39, 0.29) is 52.4 Å². The second-order valence-electron chi connectivity index (χ2n) is 12.5. The maximum atomic E-state index is 12.9. The van der Waals surface area contributed by atoms with Crippen molar-refractivity contribution in [3.8, 4) is 0 Å². The molecule has 0 spiro atoms. The van der Waals surface area contributed by atoms with Crippen molar-refractivity contribution in [3.63, 3.8) is 0 Å². The third-order valence-corrected chi connectivity index (χ3v) is 10.6. The van der Waals surface area contributed by atoms with Gasteiger partial charge in [-0.05, 0) is 60.5 Å².